The molecule has 3 aliphatic rings. The number of alkyl carbamates (subject to hydrolysis) is 1. The maximum Gasteiger partial charge on any atom is 0.408 e. The Kier molecular flexibility index (Phi) is 10.7. The zero-order valence-electron chi connectivity index (χ0n) is 27.1. The molecule has 1 aromatic carbocycles. The molecule has 15 heteroatoms. The van der Waals surface area contributed by atoms with Crippen molar-refractivity contribution < 1.29 is 43.2 Å². The van der Waals surface area contributed by atoms with Crippen LogP contribution in [0.4, 0.5) is 4.79 Å². The number of nitriles is 1. The zero-order chi connectivity index (χ0) is 34.5. The van der Waals surface area contributed by atoms with Crippen molar-refractivity contribution in [3.63, 3.8) is 0 Å². The lowest BCUT2D eigenvalue weighted by molar-refractivity contribution is -0.163. The van der Waals surface area contributed by atoms with Crippen molar-refractivity contribution in [1.29, 1.82) is 5.26 Å². The second kappa shape index (κ2) is 14.3. The van der Waals surface area contributed by atoms with E-state index in [-0.39, 0.29) is 24.6 Å². The van der Waals surface area contributed by atoms with Crippen molar-refractivity contribution in [1.82, 2.24) is 15.6 Å². The van der Waals surface area contributed by atoms with Gasteiger partial charge in [-0.2, -0.15) is 10.4 Å². The number of aliphatic hydroxyl groups is 1. The first-order valence-electron chi connectivity index (χ1n) is 15.2. The Morgan fingerprint density at radius 1 is 1.21 bits per heavy atom. The molecule has 1 fully saturated rings. The number of hydrazone groups is 1. The van der Waals surface area contributed by atoms with E-state index < -0.39 is 72.2 Å². The summed E-state index contributed by atoms with van der Waals surface area (Å²) in [6.45, 7) is 9.24. The fraction of sp³-hybridized carbons (Fsp3) is 0.531. The van der Waals surface area contributed by atoms with Crippen molar-refractivity contribution in [3.8, 4) is 6.07 Å². The number of hydrogen-bond donors (Lipinski definition) is 3. The van der Waals surface area contributed by atoms with Crippen LogP contribution in [-0.2, 0) is 39.8 Å². The zero-order valence-corrected chi connectivity index (χ0v) is 27.1. The van der Waals surface area contributed by atoms with Crippen molar-refractivity contribution in [3.05, 3.63) is 47.7 Å². The van der Waals surface area contributed by atoms with E-state index in [0.29, 0.717) is 11.3 Å². The summed E-state index contributed by atoms with van der Waals surface area (Å²) in [5.74, 6) is -2.18. The van der Waals surface area contributed by atoms with E-state index in [9.17, 15) is 29.5 Å². The summed E-state index contributed by atoms with van der Waals surface area (Å²) in [6, 6.07) is 8.79. The minimum atomic E-state index is -2.05. The van der Waals surface area contributed by atoms with Gasteiger partial charge in [-0.3, -0.25) is 14.6 Å². The summed E-state index contributed by atoms with van der Waals surface area (Å²) in [5, 5.41) is 33.1. The number of carbonyl (C=O) groups excluding carboxylic acids is 4. The van der Waals surface area contributed by atoms with Crippen molar-refractivity contribution in [2.75, 3.05) is 6.61 Å². The molecule has 3 N–H and O–H groups in total. The van der Waals surface area contributed by atoms with Gasteiger partial charge in [-0.15, -0.1) is 0 Å². The van der Waals surface area contributed by atoms with Crippen LogP contribution in [0.25, 0.3) is 0 Å². The Morgan fingerprint density at radius 3 is 2.53 bits per heavy atom. The molecule has 0 saturated carbocycles. The van der Waals surface area contributed by atoms with Gasteiger partial charge in [-0.1, -0.05) is 50.3 Å². The molecule has 0 spiro atoms. The number of aliphatic imine (C=N–C) groups is 1. The highest BCUT2D eigenvalue weighted by Crippen LogP contribution is 2.43. The van der Waals surface area contributed by atoms with Crippen LogP contribution in [0.3, 0.4) is 0 Å². The number of aliphatic hydroxyl groups excluding tert-OH is 1. The molecular weight excluding hydrogens is 612 g/mol. The molecule has 1 saturated heterocycles. The number of ether oxygens (including phenoxy) is 4. The Labute approximate surface area is 272 Å². The molecule has 15 nitrogen and oxygen atoms in total. The van der Waals surface area contributed by atoms with Crippen LogP contribution in [0.15, 0.2) is 52.2 Å². The molecule has 47 heavy (non-hydrogen) atoms. The van der Waals surface area contributed by atoms with Gasteiger partial charge in [0.15, 0.2) is 11.9 Å². The minimum Gasteiger partial charge on any atom is -0.463 e. The molecule has 6 atom stereocenters. The number of nitrogens with zero attached hydrogens (tertiary/aromatic N) is 4. The number of amides is 2. The van der Waals surface area contributed by atoms with Crippen molar-refractivity contribution in [2.45, 2.75) is 96.0 Å². The summed E-state index contributed by atoms with van der Waals surface area (Å²) in [4.78, 5) is 54.7. The summed E-state index contributed by atoms with van der Waals surface area (Å²) >= 11 is 0. The third kappa shape index (κ3) is 8.13. The normalized spacial score (nSPS) is 25.6. The SMILES string of the molecule is CC(=O)NC1=NC=NN2C1=CCC2[C@]1(C#N)O[C@H](COC(=O)Cc2ccccc2)[C@@H](OC(=O)[C@@H](NC(=O)OC(C)(C)C)C(C)C)[C@H]1O. The van der Waals surface area contributed by atoms with Crippen molar-refractivity contribution >= 4 is 36.1 Å². The van der Waals surface area contributed by atoms with Gasteiger partial charge in [-0.25, -0.2) is 14.6 Å². The second-order valence-electron chi connectivity index (χ2n) is 12.7. The van der Waals surface area contributed by atoms with Gasteiger partial charge in [-0.05, 0) is 38.7 Å². The molecule has 1 aromatic rings. The third-order valence-electron chi connectivity index (χ3n) is 7.55. The van der Waals surface area contributed by atoms with E-state index in [2.05, 4.69) is 26.8 Å². The highest BCUT2D eigenvalue weighted by atomic mass is 16.6. The summed E-state index contributed by atoms with van der Waals surface area (Å²) in [5.41, 5.74) is -1.80. The molecule has 252 valence electrons. The average Bonchev–Trinajstić information content (AvgIpc) is 3.54. The summed E-state index contributed by atoms with van der Waals surface area (Å²) in [7, 11) is 0. The Morgan fingerprint density at radius 2 is 1.91 bits per heavy atom. The maximum absolute atomic E-state index is 13.6. The number of fused-ring (bicyclic) bond motifs is 1. The smallest absolute Gasteiger partial charge is 0.408 e. The summed E-state index contributed by atoms with van der Waals surface area (Å²) < 4.78 is 22.8. The van der Waals surface area contributed by atoms with E-state index in [1.807, 2.05) is 6.07 Å². The Balaban J connectivity index is 1.59. The molecule has 0 aromatic heterocycles. The van der Waals surface area contributed by atoms with Gasteiger partial charge in [0.1, 0.15) is 48.9 Å². The topological polar surface area (TPSA) is 201 Å². The van der Waals surface area contributed by atoms with Crippen LogP contribution < -0.4 is 10.6 Å². The quantitative estimate of drug-likeness (QED) is 0.259. The number of rotatable bonds is 9. The number of amidine groups is 1. The first-order chi connectivity index (χ1) is 22.1. The van der Waals surface area contributed by atoms with Gasteiger partial charge >= 0.3 is 18.0 Å². The van der Waals surface area contributed by atoms with E-state index in [0.717, 1.165) is 0 Å². The van der Waals surface area contributed by atoms with Gasteiger partial charge < -0.3 is 34.7 Å². The number of nitrogens with one attached hydrogen (secondary N) is 2. The standard InChI is InChI=1S/C32H40N6O9/c1-18(2)25(37-30(43)47-31(4,5)6)29(42)45-26-22(15-44-24(40)14-20-10-8-7-9-11-20)46-32(16-33,27(26)41)23-13-12-21-28(36-19(3)39)34-17-35-38(21)23/h7-12,17-18,22-23,25-27,41H,13-15H2,1-6H3,(H,37,43)(H,34,35,36,39)/t22-,23?,25+,26-,27-,32+/m1/s1. The number of esters is 2. The first kappa shape index (κ1) is 35.1. The molecule has 0 aliphatic carbocycles. The molecule has 3 aliphatic heterocycles. The minimum absolute atomic E-state index is 0.0527. The van der Waals surface area contributed by atoms with Crippen LogP contribution >= 0.6 is 0 Å². The predicted octanol–water partition coefficient (Wildman–Crippen LogP) is 1.71. The largest absolute Gasteiger partial charge is 0.463 e. The fourth-order valence-electron chi connectivity index (χ4n) is 5.43. The fourth-order valence-corrected chi connectivity index (χ4v) is 5.43. The molecule has 4 rings (SSSR count). The second-order valence-corrected chi connectivity index (χ2v) is 12.7. The Hall–Kier alpha value is -4.81. The van der Waals surface area contributed by atoms with Crippen LogP contribution in [0, 0.1) is 17.2 Å². The molecule has 3 heterocycles. The lowest BCUT2D eigenvalue weighted by Gasteiger charge is -2.37. The van der Waals surface area contributed by atoms with Crippen LogP contribution in [0.2, 0.25) is 0 Å². The maximum atomic E-state index is 13.6. The van der Waals surface area contributed by atoms with E-state index in [1.165, 1.54) is 18.3 Å². The first-order valence-corrected chi connectivity index (χ1v) is 15.2. The lowest BCUT2D eigenvalue weighted by Crippen LogP contribution is -2.57. The Bertz CT molecular complexity index is 1500. The molecule has 2 amide bonds. The van der Waals surface area contributed by atoms with Gasteiger partial charge in [0.25, 0.3) is 0 Å². The van der Waals surface area contributed by atoms with Gasteiger partial charge in [0.2, 0.25) is 11.5 Å². The number of benzene rings is 1. The molecule has 1 unspecified atom stereocenters. The van der Waals surface area contributed by atoms with Gasteiger partial charge in [0, 0.05) is 6.92 Å². The van der Waals surface area contributed by atoms with E-state index in [1.54, 1.807) is 65.0 Å². The molecule has 0 radical (unpaired) electrons. The highest BCUT2D eigenvalue weighted by molar-refractivity contribution is 6.10. The molecular formula is C32H40N6O9. The monoisotopic (exact) mass is 652 g/mol. The lowest BCUT2D eigenvalue weighted by atomic mass is 9.87. The summed E-state index contributed by atoms with van der Waals surface area (Å²) in [6.07, 6.45) is -2.46. The average molecular weight is 653 g/mol. The van der Waals surface area contributed by atoms with E-state index >= 15 is 0 Å². The highest BCUT2D eigenvalue weighted by Gasteiger charge is 2.64. The number of carbonyl (C=O) groups is 4. The van der Waals surface area contributed by atoms with E-state index in [4.69, 9.17) is 18.9 Å². The van der Waals surface area contributed by atoms with Crippen molar-refractivity contribution in [2.24, 2.45) is 16.0 Å². The third-order valence-corrected chi connectivity index (χ3v) is 7.55. The molecule has 0 bridgehead atoms. The van der Waals surface area contributed by atoms with Crippen LogP contribution in [0.1, 0.15) is 53.5 Å². The predicted molar refractivity (Wildman–Crippen MR) is 166 cm³/mol. The number of hydrogen-bond acceptors (Lipinski definition) is 13. The van der Waals surface area contributed by atoms with Gasteiger partial charge in [0.05, 0.1) is 12.1 Å². The van der Waals surface area contributed by atoms with Crippen LogP contribution in [-0.4, -0.2) is 94.4 Å². The van der Waals surface area contributed by atoms with Crippen LogP contribution in [0.5, 0.6) is 0 Å².